The standard InChI is InChI=1S/C12H11Br2NO2/c1-16-7-2-3-8(10(13)6-7)11(15)9-4-5-17-12(9)14/h2-6,11H,15H2,1H3. The second kappa shape index (κ2) is 5.25. The molecule has 5 heteroatoms. The summed E-state index contributed by atoms with van der Waals surface area (Å²) in [6.07, 6.45) is 1.61. The lowest BCUT2D eigenvalue weighted by molar-refractivity contribution is 0.414. The van der Waals surface area contributed by atoms with Gasteiger partial charge in [0, 0.05) is 10.0 Å². The van der Waals surface area contributed by atoms with Crippen LogP contribution in [0.3, 0.4) is 0 Å². The van der Waals surface area contributed by atoms with E-state index in [1.54, 1.807) is 13.4 Å². The normalized spacial score (nSPS) is 12.5. The summed E-state index contributed by atoms with van der Waals surface area (Å²) in [6, 6.07) is 7.32. The van der Waals surface area contributed by atoms with E-state index in [2.05, 4.69) is 31.9 Å². The van der Waals surface area contributed by atoms with Crippen molar-refractivity contribution >= 4 is 31.9 Å². The molecule has 0 spiro atoms. The molecule has 2 rings (SSSR count). The Kier molecular flexibility index (Phi) is 3.91. The van der Waals surface area contributed by atoms with Crippen molar-refractivity contribution in [2.75, 3.05) is 7.11 Å². The van der Waals surface area contributed by atoms with Crippen LogP contribution in [0.4, 0.5) is 0 Å². The minimum absolute atomic E-state index is 0.247. The largest absolute Gasteiger partial charge is 0.497 e. The van der Waals surface area contributed by atoms with Gasteiger partial charge in [-0.1, -0.05) is 22.0 Å². The molecule has 2 aromatic rings. The van der Waals surface area contributed by atoms with Crippen LogP contribution in [0.25, 0.3) is 0 Å². The molecular weight excluding hydrogens is 350 g/mol. The summed E-state index contributed by atoms with van der Waals surface area (Å²) in [6.45, 7) is 0. The molecule has 0 saturated heterocycles. The quantitative estimate of drug-likeness (QED) is 0.903. The number of ether oxygens (including phenoxy) is 1. The Bertz CT molecular complexity index is 525. The van der Waals surface area contributed by atoms with E-state index in [9.17, 15) is 0 Å². The molecule has 1 aromatic carbocycles. The molecule has 0 aliphatic carbocycles. The molecule has 0 saturated carbocycles. The van der Waals surface area contributed by atoms with Gasteiger partial charge in [0.2, 0.25) is 0 Å². The summed E-state index contributed by atoms with van der Waals surface area (Å²) in [5.74, 6) is 0.791. The lowest BCUT2D eigenvalue weighted by atomic mass is 10.0. The van der Waals surface area contributed by atoms with Gasteiger partial charge in [0.25, 0.3) is 0 Å². The predicted molar refractivity (Wildman–Crippen MR) is 73.1 cm³/mol. The van der Waals surface area contributed by atoms with Gasteiger partial charge in [-0.3, -0.25) is 0 Å². The van der Waals surface area contributed by atoms with Crippen molar-refractivity contribution in [1.29, 1.82) is 0 Å². The lowest BCUT2D eigenvalue weighted by Gasteiger charge is -2.13. The maximum atomic E-state index is 6.19. The molecule has 90 valence electrons. The van der Waals surface area contributed by atoms with Crippen molar-refractivity contribution in [2.45, 2.75) is 6.04 Å². The third kappa shape index (κ3) is 2.56. The lowest BCUT2D eigenvalue weighted by Crippen LogP contribution is -2.12. The first-order chi connectivity index (χ1) is 8.13. The topological polar surface area (TPSA) is 48.4 Å². The molecule has 0 aliphatic rings. The predicted octanol–water partition coefficient (Wildman–Crippen LogP) is 3.86. The Balaban J connectivity index is 2.38. The third-order valence-corrected chi connectivity index (χ3v) is 3.86. The van der Waals surface area contributed by atoms with Gasteiger partial charge < -0.3 is 14.9 Å². The van der Waals surface area contributed by atoms with E-state index >= 15 is 0 Å². The molecule has 0 radical (unpaired) electrons. The Labute approximate surface area is 116 Å². The summed E-state index contributed by atoms with van der Waals surface area (Å²) in [5, 5.41) is 0. The van der Waals surface area contributed by atoms with Crippen LogP contribution in [0.5, 0.6) is 5.75 Å². The van der Waals surface area contributed by atoms with Crippen molar-refractivity contribution in [3.63, 3.8) is 0 Å². The Hall–Kier alpha value is -0.780. The van der Waals surface area contributed by atoms with E-state index in [4.69, 9.17) is 14.9 Å². The fourth-order valence-electron chi connectivity index (χ4n) is 1.58. The average Bonchev–Trinajstić information content (AvgIpc) is 2.74. The summed E-state index contributed by atoms with van der Waals surface area (Å²) in [4.78, 5) is 0. The van der Waals surface area contributed by atoms with Crippen LogP contribution in [0, 0.1) is 0 Å². The van der Waals surface area contributed by atoms with Crippen LogP contribution < -0.4 is 10.5 Å². The van der Waals surface area contributed by atoms with E-state index < -0.39 is 0 Å². The van der Waals surface area contributed by atoms with Gasteiger partial charge in [-0.2, -0.15) is 0 Å². The number of furan rings is 1. The number of benzene rings is 1. The van der Waals surface area contributed by atoms with Crippen LogP contribution >= 0.6 is 31.9 Å². The first-order valence-corrected chi connectivity index (χ1v) is 6.54. The van der Waals surface area contributed by atoms with Crippen LogP contribution in [0.15, 0.2) is 44.1 Å². The zero-order valence-corrected chi connectivity index (χ0v) is 12.3. The van der Waals surface area contributed by atoms with E-state index in [1.165, 1.54) is 0 Å². The summed E-state index contributed by atoms with van der Waals surface area (Å²) < 4.78 is 11.9. The molecule has 1 heterocycles. The minimum Gasteiger partial charge on any atom is -0.497 e. The number of methoxy groups -OCH3 is 1. The highest BCUT2D eigenvalue weighted by atomic mass is 79.9. The number of nitrogens with two attached hydrogens (primary N) is 1. The van der Waals surface area contributed by atoms with Gasteiger partial charge in [-0.25, -0.2) is 0 Å². The molecule has 0 amide bonds. The highest BCUT2D eigenvalue weighted by Crippen LogP contribution is 2.33. The van der Waals surface area contributed by atoms with Gasteiger partial charge in [-0.05, 0) is 39.7 Å². The van der Waals surface area contributed by atoms with Gasteiger partial charge in [0.1, 0.15) is 5.75 Å². The third-order valence-electron chi connectivity index (χ3n) is 2.52. The molecule has 1 aromatic heterocycles. The monoisotopic (exact) mass is 359 g/mol. The van der Waals surface area contributed by atoms with E-state index in [-0.39, 0.29) is 6.04 Å². The summed E-state index contributed by atoms with van der Waals surface area (Å²) in [7, 11) is 1.63. The van der Waals surface area contributed by atoms with Crippen molar-refractivity contribution in [3.8, 4) is 5.75 Å². The highest BCUT2D eigenvalue weighted by Gasteiger charge is 2.17. The second-order valence-electron chi connectivity index (χ2n) is 3.51. The highest BCUT2D eigenvalue weighted by molar-refractivity contribution is 9.10. The van der Waals surface area contributed by atoms with E-state index in [0.29, 0.717) is 4.67 Å². The molecular formula is C12H11Br2NO2. The van der Waals surface area contributed by atoms with Crippen molar-refractivity contribution < 1.29 is 9.15 Å². The average molecular weight is 361 g/mol. The Morgan fingerprint density at radius 3 is 2.53 bits per heavy atom. The summed E-state index contributed by atoms with van der Waals surface area (Å²) in [5.41, 5.74) is 8.09. The van der Waals surface area contributed by atoms with Crippen molar-refractivity contribution in [1.82, 2.24) is 0 Å². The molecule has 0 bridgehead atoms. The molecule has 2 N–H and O–H groups in total. The first-order valence-electron chi connectivity index (χ1n) is 4.95. The van der Waals surface area contributed by atoms with Crippen LogP contribution in [0.2, 0.25) is 0 Å². The fourth-order valence-corrected chi connectivity index (χ4v) is 2.67. The molecule has 0 fully saturated rings. The van der Waals surface area contributed by atoms with Crippen LogP contribution in [0.1, 0.15) is 17.2 Å². The van der Waals surface area contributed by atoms with Crippen LogP contribution in [-0.2, 0) is 0 Å². The Morgan fingerprint density at radius 2 is 2.00 bits per heavy atom. The summed E-state index contributed by atoms with van der Waals surface area (Å²) >= 11 is 6.82. The number of rotatable bonds is 3. The molecule has 1 unspecified atom stereocenters. The maximum absolute atomic E-state index is 6.19. The van der Waals surface area contributed by atoms with Gasteiger partial charge in [-0.15, -0.1) is 0 Å². The maximum Gasteiger partial charge on any atom is 0.174 e. The molecule has 17 heavy (non-hydrogen) atoms. The van der Waals surface area contributed by atoms with Gasteiger partial charge in [0.05, 0.1) is 19.4 Å². The van der Waals surface area contributed by atoms with E-state index in [0.717, 1.165) is 21.3 Å². The smallest absolute Gasteiger partial charge is 0.174 e. The number of hydrogen-bond acceptors (Lipinski definition) is 3. The number of halogens is 2. The van der Waals surface area contributed by atoms with E-state index in [1.807, 2.05) is 24.3 Å². The SMILES string of the molecule is COc1ccc(C(N)c2ccoc2Br)c(Br)c1. The minimum atomic E-state index is -0.247. The number of hydrogen-bond donors (Lipinski definition) is 1. The molecule has 0 aliphatic heterocycles. The van der Waals surface area contributed by atoms with Crippen molar-refractivity contribution in [3.05, 3.63) is 50.8 Å². The Morgan fingerprint density at radius 1 is 1.24 bits per heavy atom. The fraction of sp³-hybridized carbons (Fsp3) is 0.167. The molecule has 1 atom stereocenters. The van der Waals surface area contributed by atoms with Gasteiger partial charge >= 0.3 is 0 Å². The zero-order chi connectivity index (χ0) is 12.4. The van der Waals surface area contributed by atoms with Gasteiger partial charge in [0.15, 0.2) is 4.67 Å². The van der Waals surface area contributed by atoms with Crippen LogP contribution in [-0.4, -0.2) is 7.11 Å². The van der Waals surface area contributed by atoms with Crippen molar-refractivity contribution in [2.24, 2.45) is 5.73 Å². The second-order valence-corrected chi connectivity index (χ2v) is 5.09. The molecule has 3 nitrogen and oxygen atoms in total. The first kappa shape index (κ1) is 12.7. The zero-order valence-electron chi connectivity index (χ0n) is 9.11.